The van der Waals surface area contributed by atoms with Crippen molar-refractivity contribution < 1.29 is 4.74 Å². The minimum atomic E-state index is 0.0661. The molecule has 1 aliphatic carbocycles. The number of hydrogen-bond donors (Lipinski definition) is 1. The second kappa shape index (κ2) is 5.31. The van der Waals surface area contributed by atoms with Crippen molar-refractivity contribution in [3.05, 3.63) is 29.3 Å². The number of benzene rings is 1. The Bertz CT molecular complexity index is 408. The first kappa shape index (κ1) is 13.4. The van der Waals surface area contributed by atoms with Crippen molar-refractivity contribution in [3.8, 4) is 5.75 Å². The largest absolute Gasteiger partial charge is 0.486 e. The summed E-state index contributed by atoms with van der Waals surface area (Å²) in [6, 6.07) is 6.38. The quantitative estimate of drug-likeness (QED) is 0.831. The molecule has 2 nitrogen and oxygen atoms in total. The molecule has 0 atom stereocenters. The maximum absolute atomic E-state index is 6.17. The highest BCUT2D eigenvalue weighted by atomic mass is 16.5. The molecule has 2 heteroatoms. The zero-order valence-electron chi connectivity index (χ0n) is 12.0. The van der Waals surface area contributed by atoms with Crippen molar-refractivity contribution in [1.29, 1.82) is 0 Å². The smallest absolute Gasteiger partial charge is 0.122 e. The van der Waals surface area contributed by atoms with E-state index >= 15 is 0 Å². The fraction of sp³-hybridized carbons (Fsp3) is 0.625. The Morgan fingerprint density at radius 2 is 1.94 bits per heavy atom. The van der Waals surface area contributed by atoms with Gasteiger partial charge in [0.2, 0.25) is 0 Å². The molecular formula is C16H25NO. The Morgan fingerprint density at radius 1 is 1.22 bits per heavy atom. The van der Waals surface area contributed by atoms with Crippen LogP contribution in [0.15, 0.2) is 18.2 Å². The SMILES string of the molecule is Cc1ccc(OC2(CNCC(C)C)CC2)cc1C. The maximum Gasteiger partial charge on any atom is 0.122 e. The summed E-state index contributed by atoms with van der Waals surface area (Å²) in [6.07, 6.45) is 2.34. The van der Waals surface area contributed by atoms with Crippen molar-refractivity contribution in [2.24, 2.45) is 5.92 Å². The van der Waals surface area contributed by atoms with Crippen LogP contribution < -0.4 is 10.1 Å². The lowest BCUT2D eigenvalue weighted by atomic mass is 10.1. The van der Waals surface area contributed by atoms with Gasteiger partial charge in [-0.1, -0.05) is 19.9 Å². The van der Waals surface area contributed by atoms with Gasteiger partial charge in [0.25, 0.3) is 0 Å². The number of hydrogen-bond acceptors (Lipinski definition) is 2. The van der Waals surface area contributed by atoms with Crippen LogP contribution in [-0.2, 0) is 0 Å². The predicted molar refractivity (Wildman–Crippen MR) is 76.2 cm³/mol. The lowest BCUT2D eigenvalue weighted by Crippen LogP contribution is -2.35. The van der Waals surface area contributed by atoms with E-state index in [1.165, 1.54) is 24.0 Å². The highest BCUT2D eigenvalue weighted by Crippen LogP contribution is 2.40. The first-order chi connectivity index (χ1) is 8.51. The molecule has 0 amide bonds. The summed E-state index contributed by atoms with van der Waals surface area (Å²) in [5, 5.41) is 3.51. The van der Waals surface area contributed by atoms with Gasteiger partial charge in [0.15, 0.2) is 0 Å². The second-order valence-electron chi connectivity index (χ2n) is 6.06. The average molecular weight is 247 g/mol. The van der Waals surface area contributed by atoms with Gasteiger partial charge in [-0.25, -0.2) is 0 Å². The third kappa shape index (κ3) is 3.49. The highest BCUT2D eigenvalue weighted by Gasteiger charge is 2.45. The van der Waals surface area contributed by atoms with Gasteiger partial charge in [-0.05, 0) is 62.4 Å². The van der Waals surface area contributed by atoms with E-state index in [9.17, 15) is 0 Å². The third-order valence-corrected chi connectivity index (χ3v) is 3.62. The van der Waals surface area contributed by atoms with Crippen LogP contribution in [0.3, 0.4) is 0 Å². The van der Waals surface area contributed by atoms with E-state index < -0.39 is 0 Å². The summed E-state index contributed by atoms with van der Waals surface area (Å²) < 4.78 is 6.17. The molecule has 0 saturated heterocycles. The van der Waals surface area contributed by atoms with E-state index in [0.717, 1.165) is 18.8 Å². The van der Waals surface area contributed by atoms with Gasteiger partial charge in [-0.2, -0.15) is 0 Å². The summed E-state index contributed by atoms with van der Waals surface area (Å²) >= 11 is 0. The van der Waals surface area contributed by atoms with Gasteiger partial charge in [0.1, 0.15) is 11.4 Å². The topological polar surface area (TPSA) is 21.3 Å². The van der Waals surface area contributed by atoms with Crippen molar-refractivity contribution >= 4 is 0 Å². The molecule has 1 N–H and O–H groups in total. The van der Waals surface area contributed by atoms with Crippen LogP contribution in [0.1, 0.15) is 37.8 Å². The molecule has 0 unspecified atom stereocenters. The Balaban J connectivity index is 1.90. The van der Waals surface area contributed by atoms with E-state index in [-0.39, 0.29) is 5.60 Å². The lowest BCUT2D eigenvalue weighted by molar-refractivity contribution is 0.174. The fourth-order valence-electron chi connectivity index (χ4n) is 2.07. The summed E-state index contributed by atoms with van der Waals surface area (Å²) in [4.78, 5) is 0. The molecule has 0 aromatic heterocycles. The van der Waals surface area contributed by atoms with Crippen LogP contribution >= 0.6 is 0 Å². The molecule has 100 valence electrons. The van der Waals surface area contributed by atoms with Crippen LogP contribution in [0.25, 0.3) is 0 Å². The van der Waals surface area contributed by atoms with E-state index in [0.29, 0.717) is 5.92 Å². The molecular weight excluding hydrogens is 222 g/mol. The molecule has 0 bridgehead atoms. The van der Waals surface area contributed by atoms with Gasteiger partial charge < -0.3 is 10.1 Å². The molecule has 1 saturated carbocycles. The molecule has 1 aromatic carbocycles. The van der Waals surface area contributed by atoms with E-state index in [1.54, 1.807) is 0 Å². The standard InChI is InChI=1S/C16H25NO/c1-12(2)10-17-11-16(7-8-16)18-15-6-5-13(3)14(4)9-15/h5-6,9,12,17H,7-8,10-11H2,1-4H3. The average Bonchev–Trinajstić information content (AvgIpc) is 3.03. The van der Waals surface area contributed by atoms with Crippen LogP contribution in [0.4, 0.5) is 0 Å². The summed E-state index contributed by atoms with van der Waals surface area (Å²) in [5.41, 5.74) is 2.69. The van der Waals surface area contributed by atoms with Gasteiger partial charge in [0, 0.05) is 6.54 Å². The van der Waals surface area contributed by atoms with Gasteiger partial charge in [-0.15, -0.1) is 0 Å². The van der Waals surface area contributed by atoms with E-state index in [1.807, 2.05) is 0 Å². The summed E-state index contributed by atoms with van der Waals surface area (Å²) in [5.74, 6) is 1.71. The number of ether oxygens (including phenoxy) is 1. The zero-order valence-corrected chi connectivity index (χ0v) is 12.0. The highest BCUT2D eigenvalue weighted by molar-refractivity contribution is 5.34. The van der Waals surface area contributed by atoms with Crippen LogP contribution in [0, 0.1) is 19.8 Å². The molecule has 0 aliphatic heterocycles. The second-order valence-corrected chi connectivity index (χ2v) is 6.06. The van der Waals surface area contributed by atoms with Gasteiger partial charge in [0.05, 0.1) is 0 Å². The Kier molecular flexibility index (Phi) is 3.96. The van der Waals surface area contributed by atoms with Crippen molar-refractivity contribution in [2.75, 3.05) is 13.1 Å². The fourth-order valence-corrected chi connectivity index (χ4v) is 2.07. The number of nitrogens with one attached hydrogen (secondary N) is 1. The first-order valence-electron chi connectivity index (χ1n) is 6.98. The van der Waals surface area contributed by atoms with Crippen molar-refractivity contribution in [1.82, 2.24) is 5.32 Å². The molecule has 1 fully saturated rings. The number of rotatable bonds is 6. The number of aryl methyl sites for hydroxylation is 2. The monoisotopic (exact) mass is 247 g/mol. The Hall–Kier alpha value is -1.02. The predicted octanol–water partition coefficient (Wildman–Crippen LogP) is 3.46. The molecule has 0 radical (unpaired) electrons. The normalized spacial score (nSPS) is 16.9. The summed E-state index contributed by atoms with van der Waals surface area (Å²) in [6.45, 7) is 10.8. The van der Waals surface area contributed by atoms with Gasteiger partial charge >= 0.3 is 0 Å². The third-order valence-electron chi connectivity index (χ3n) is 3.62. The van der Waals surface area contributed by atoms with Crippen molar-refractivity contribution in [2.45, 2.75) is 46.1 Å². The zero-order chi connectivity index (χ0) is 13.2. The molecule has 1 aliphatic rings. The first-order valence-corrected chi connectivity index (χ1v) is 6.98. The molecule has 1 aromatic rings. The minimum absolute atomic E-state index is 0.0661. The molecule has 0 spiro atoms. The van der Waals surface area contributed by atoms with E-state index in [2.05, 4.69) is 51.2 Å². The van der Waals surface area contributed by atoms with Crippen LogP contribution in [0.5, 0.6) is 5.75 Å². The molecule has 0 heterocycles. The van der Waals surface area contributed by atoms with Crippen LogP contribution in [0.2, 0.25) is 0 Å². The Labute approximate surface area is 111 Å². The minimum Gasteiger partial charge on any atom is -0.486 e. The van der Waals surface area contributed by atoms with Crippen LogP contribution in [-0.4, -0.2) is 18.7 Å². The Morgan fingerprint density at radius 3 is 2.50 bits per heavy atom. The summed E-state index contributed by atoms with van der Waals surface area (Å²) in [7, 11) is 0. The molecule has 2 rings (SSSR count). The maximum atomic E-state index is 6.17. The van der Waals surface area contributed by atoms with E-state index in [4.69, 9.17) is 4.74 Å². The molecule has 18 heavy (non-hydrogen) atoms. The van der Waals surface area contributed by atoms with Crippen molar-refractivity contribution in [3.63, 3.8) is 0 Å². The lowest BCUT2D eigenvalue weighted by Gasteiger charge is -2.20. The van der Waals surface area contributed by atoms with Gasteiger partial charge in [-0.3, -0.25) is 0 Å².